The number of nitrogens with one attached hydrogen (secondary N) is 1. The molecule has 0 radical (unpaired) electrons. The molecule has 0 aliphatic heterocycles. The fraction of sp³-hybridized carbons (Fsp3) is 0.385. The largest absolute Gasteiger partial charge is 0.480 e. The number of carboxylic acid groups (broad SMARTS) is 1. The second-order valence-electron chi connectivity index (χ2n) is 4.30. The van der Waals surface area contributed by atoms with Gasteiger partial charge >= 0.3 is 5.97 Å². The van der Waals surface area contributed by atoms with Crippen molar-refractivity contribution in [2.24, 2.45) is 0 Å². The van der Waals surface area contributed by atoms with Crippen LogP contribution in [-0.4, -0.2) is 41.5 Å². The average molecular weight is 305 g/mol. The van der Waals surface area contributed by atoms with Crippen LogP contribution in [0.25, 0.3) is 0 Å². The normalized spacial score (nSPS) is 11.6. The molecular formula is C13H18ClFN2O3. The summed E-state index contributed by atoms with van der Waals surface area (Å²) < 4.78 is 13.3. The molecule has 0 saturated carbocycles. The summed E-state index contributed by atoms with van der Waals surface area (Å²) in [5.41, 5.74) is 0.393. The van der Waals surface area contributed by atoms with Gasteiger partial charge in [0.2, 0.25) is 5.91 Å². The zero-order chi connectivity index (χ0) is 14.4. The number of amides is 1. The van der Waals surface area contributed by atoms with Crippen LogP contribution in [0, 0.1) is 5.82 Å². The summed E-state index contributed by atoms with van der Waals surface area (Å²) >= 11 is 0. The second-order valence-corrected chi connectivity index (χ2v) is 4.30. The Morgan fingerprint density at radius 3 is 2.55 bits per heavy atom. The molecule has 1 atom stereocenters. The highest BCUT2D eigenvalue weighted by Gasteiger charge is 2.18. The number of hydrogen-bond acceptors (Lipinski definition) is 3. The van der Waals surface area contributed by atoms with Crippen molar-refractivity contribution in [2.75, 3.05) is 13.6 Å². The first-order valence-electron chi connectivity index (χ1n) is 5.85. The van der Waals surface area contributed by atoms with Crippen LogP contribution in [0.3, 0.4) is 0 Å². The lowest BCUT2D eigenvalue weighted by Crippen LogP contribution is -2.42. The number of nitrogens with zero attached hydrogens (tertiary/aromatic N) is 1. The van der Waals surface area contributed by atoms with Crippen LogP contribution < -0.4 is 5.32 Å². The molecular weight excluding hydrogens is 287 g/mol. The number of carboxylic acids is 1. The van der Waals surface area contributed by atoms with Crippen LogP contribution in [0.2, 0.25) is 0 Å². The van der Waals surface area contributed by atoms with Crippen LogP contribution in [0.4, 0.5) is 4.39 Å². The van der Waals surface area contributed by atoms with Crippen LogP contribution in [-0.2, 0) is 16.1 Å². The summed E-state index contributed by atoms with van der Waals surface area (Å²) in [6.45, 7) is 1.52. The standard InChI is InChI=1S/C13H17FN2O3.ClH/c1-9(13(18)19)16(2)8-12(17)15-7-10-5-3-4-6-11(10)14;/h3-6,9H,7-8H2,1-2H3,(H,15,17)(H,18,19);1H. The summed E-state index contributed by atoms with van der Waals surface area (Å²) in [5.74, 6) is -1.72. The van der Waals surface area contributed by atoms with Crippen LogP contribution >= 0.6 is 12.4 Å². The maximum Gasteiger partial charge on any atom is 0.320 e. The maximum atomic E-state index is 13.3. The summed E-state index contributed by atoms with van der Waals surface area (Å²) in [6, 6.07) is 5.41. The van der Waals surface area contributed by atoms with E-state index in [9.17, 15) is 14.0 Å². The molecule has 1 amide bonds. The average Bonchev–Trinajstić information content (AvgIpc) is 2.36. The third-order valence-electron chi connectivity index (χ3n) is 2.85. The Hall–Kier alpha value is -1.66. The van der Waals surface area contributed by atoms with Gasteiger partial charge < -0.3 is 10.4 Å². The Balaban J connectivity index is 0.00000361. The summed E-state index contributed by atoms with van der Waals surface area (Å²) in [5, 5.41) is 11.3. The molecule has 0 saturated heterocycles. The van der Waals surface area contributed by atoms with E-state index >= 15 is 0 Å². The number of carbonyl (C=O) groups is 2. The Labute approximate surface area is 123 Å². The Kier molecular flexibility index (Phi) is 7.79. The molecule has 0 heterocycles. The van der Waals surface area contributed by atoms with E-state index in [4.69, 9.17) is 5.11 Å². The van der Waals surface area contributed by atoms with Crippen molar-refractivity contribution >= 4 is 24.3 Å². The van der Waals surface area contributed by atoms with Gasteiger partial charge in [0.25, 0.3) is 0 Å². The van der Waals surface area contributed by atoms with Gasteiger partial charge in [0.05, 0.1) is 6.54 Å². The molecule has 20 heavy (non-hydrogen) atoms. The van der Waals surface area contributed by atoms with Crippen molar-refractivity contribution in [2.45, 2.75) is 19.5 Å². The number of aliphatic carboxylic acids is 1. The number of hydrogen-bond donors (Lipinski definition) is 2. The fourth-order valence-corrected chi connectivity index (χ4v) is 1.44. The molecule has 0 fully saturated rings. The predicted molar refractivity (Wildman–Crippen MR) is 75.2 cm³/mol. The van der Waals surface area contributed by atoms with E-state index in [-0.39, 0.29) is 37.2 Å². The smallest absolute Gasteiger partial charge is 0.320 e. The highest BCUT2D eigenvalue weighted by Crippen LogP contribution is 2.05. The summed E-state index contributed by atoms with van der Waals surface area (Å²) in [6.07, 6.45) is 0. The third kappa shape index (κ3) is 5.54. The van der Waals surface area contributed by atoms with E-state index in [2.05, 4.69) is 5.32 Å². The van der Waals surface area contributed by atoms with E-state index < -0.39 is 12.0 Å². The van der Waals surface area contributed by atoms with Gasteiger partial charge in [-0.25, -0.2) is 4.39 Å². The van der Waals surface area contributed by atoms with Crippen molar-refractivity contribution in [3.63, 3.8) is 0 Å². The molecule has 1 unspecified atom stereocenters. The van der Waals surface area contributed by atoms with Crippen molar-refractivity contribution in [1.82, 2.24) is 10.2 Å². The molecule has 0 bridgehead atoms. The number of benzene rings is 1. The van der Waals surface area contributed by atoms with Crippen molar-refractivity contribution in [3.8, 4) is 0 Å². The number of rotatable bonds is 6. The van der Waals surface area contributed by atoms with Gasteiger partial charge in [-0.2, -0.15) is 0 Å². The first-order chi connectivity index (χ1) is 8.91. The van der Waals surface area contributed by atoms with E-state index in [0.29, 0.717) is 5.56 Å². The SMILES string of the molecule is CC(C(=O)O)N(C)CC(=O)NCc1ccccc1F.Cl. The lowest BCUT2D eigenvalue weighted by Gasteiger charge is -2.20. The first-order valence-corrected chi connectivity index (χ1v) is 5.85. The van der Waals surface area contributed by atoms with Crippen LogP contribution in [0.15, 0.2) is 24.3 Å². The van der Waals surface area contributed by atoms with E-state index in [1.165, 1.54) is 17.9 Å². The minimum Gasteiger partial charge on any atom is -0.480 e. The topological polar surface area (TPSA) is 69.6 Å². The fourth-order valence-electron chi connectivity index (χ4n) is 1.44. The monoisotopic (exact) mass is 304 g/mol. The van der Waals surface area contributed by atoms with Gasteiger partial charge in [-0.15, -0.1) is 12.4 Å². The van der Waals surface area contributed by atoms with E-state index in [1.54, 1.807) is 25.2 Å². The zero-order valence-electron chi connectivity index (χ0n) is 11.3. The van der Waals surface area contributed by atoms with Crippen molar-refractivity contribution in [3.05, 3.63) is 35.6 Å². The molecule has 0 aliphatic rings. The van der Waals surface area contributed by atoms with Gasteiger partial charge in [-0.05, 0) is 20.0 Å². The molecule has 0 aromatic heterocycles. The Morgan fingerprint density at radius 2 is 2.00 bits per heavy atom. The first kappa shape index (κ1) is 18.3. The summed E-state index contributed by atoms with van der Waals surface area (Å²) in [4.78, 5) is 23.7. The minimum absolute atomic E-state index is 0. The van der Waals surface area contributed by atoms with Gasteiger partial charge in [-0.1, -0.05) is 18.2 Å². The van der Waals surface area contributed by atoms with Crippen molar-refractivity contribution in [1.29, 1.82) is 0 Å². The Bertz CT molecular complexity index is 471. The number of carbonyl (C=O) groups excluding carboxylic acids is 1. The lowest BCUT2D eigenvalue weighted by atomic mass is 10.2. The molecule has 1 aromatic carbocycles. The zero-order valence-corrected chi connectivity index (χ0v) is 12.1. The summed E-state index contributed by atoms with van der Waals surface area (Å²) in [7, 11) is 1.54. The van der Waals surface area contributed by atoms with Crippen LogP contribution in [0.5, 0.6) is 0 Å². The molecule has 1 aromatic rings. The van der Waals surface area contributed by atoms with E-state index in [0.717, 1.165) is 0 Å². The van der Waals surface area contributed by atoms with E-state index in [1.807, 2.05) is 0 Å². The van der Waals surface area contributed by atoms with Crippen LogP contribution in [0.1, 0.15) is 12.5 Å². The molecule has 5 nitrogen and oxygen atoms in total. The molecule has 7 heteroatoms. The Morgan fingerprint density at radius 1 is 1.40 bits per heavy atom. The molecule has 0 spiro atoms. The maximum absolute atomic E-state index is 13.3. The number of likely N-dealkylation sites (N-methyl/N-ethyl adjacent to an activating group) is 1. The third-order valence-corrected chi connectivity index (χ3v) is 2.85. The second kappa shape index (κ2) is 8.50. The van der Waals surface area contributed by atoms with Gasteiger partial charge in [0.1, 0.15) is 11.9 Å². The van der Waals surface area contributed by atoms with Gasteiger partial charge in [0.15, 0.2) is 0 Å². The minimum atomic E-state index is -0.996. The van der Waals surface area contributed by atoms with Crippen molar-refractivity contribution < 1.29 is 19.1 Å². The molecule has 112 valence electrons. The quantitative estimate of drug-likeness (QED) is 0.830. The molecule has 2 N–H and O–H groups in total. The number of halogens is 2. The molecule has 1 rings (SSSR count). The highest BCUT2D eigenvalue weighted by molar-refractivity contribution is 5.85. The predicted octanol–water partition coefficient (Wildman–Crippen LogP) is 1.27. The highest BCUT2D eigenvalue weighted by atomic mass is 35.5. The lowest BCUT2D eigenvalue weighted by molar-refractivity contribution is -0.142. The molecule has 0 aliphatic carbocycles. The van der Waals surface area contributed by atoms with Gasteiger partial charge in [-0.3, -0.25) is 14.5 Å². The van der Waals surface area contributed by atoms with Gasteiger partial charge in [0, 0.05) is 12.1 Å².